The quantitative estimate of drug-likeness (QED) is 0.456. The van der Waals surface area contributed by atoms with Gasteiger partial charge in [0.15, 0.2) is 6.10 Å². The molecule has 1 unspecified atom stereocenters. The second-order valence-electron chi connectivity index (χ2n) is 13.0. The summed E-state index contributed by atoms with van der Waals surface area (Å²) in [6, 6.07) is 10.4. The van der Waals surface area contributed by atoms with E-state index >= 15 is 0 Å². The minimum Gasteiger partial charge on any atom is -0.334 e. The van der Waals surface area contributed by atoms with Crippen molar-refractivity contribution < 1.29 is 14.4 Å². The van der Waals surface area contributed by atoms with Gasteiger partial charge < -0.3 is 14.7 Å². The Morgan fingerprint density at radius 1 is 0.949 bits per heavy atom. The summed E-state index contributed by atoms with van der Waals surface area (Å²) in [4.78, 5) is 41.3. The maximum atomic E-state index is 14.1. The van der Waals surface area contributed by atoms with E-state index in [4.69, 9.17) is 4.84 Å². The van der Waals surface area contributed by atoms with Gasteiger partial charge in [-0.1, -0.05) is 76.3 Å². The molecule has 3 heterocycles. The second kappa shape index (κ2) is 13.1. The van der Waals surface area contributed by atoms with Gasteiger partial charge in [-0.05, 0) is 76.1 Å². The van der Waals surface area contributed by atoms with Crippen LogP contribution in [0.25, 0.3) is 0 Å². The number of likely N-dealkylation sites (tertiary alicyclic amines) is 1. The lowest BCUT2D eigenvalue weighted by Gasteiger charge is -2.55. The molecule has 4 fully saturated rings. The molecule has 216 valence electrons. The molecule has 1 aromatic carbocycles. The van der Waals surface area contributed by atoms with E-state index < -0.39 is 12.1 Å². The zero-order valence-electron chi connectivity index (χ0n) is 24.5. The highest BCUT2D eigenvalue weighted by molar-refractivity contribution is 5.91. The first-order valence-corrected chi connectivity index (χ1v) is 15.7. The van der Waals surface area contributed by atoms with Gasteiger partial charge in [0.1, 0.15) is 12.2 Å². The molecule has 3 atom stereocenters. The van der Waals surface area contributed by atoms with Crippen molar-refractivity contribution in [3.63, 3.8) is 0 Å². The zero-order valence-corrected chi connectivity index (χ0v) is 24.5. The Kier molecular flexibility index (Phi) is 9.62. The minimum absolute atomic E-state index is 0.0481. The van der Waals surface area contributed by atoms with Gasteiger partial charge in [0.2, 0.25) is 5.91 Å². The molecule has 0 radical (unpaired) electrons. The standard InChI is InChI=1S/C32H50N4O3/c1-24(2)21-28-31(37)34(27-16-19-33(3)20-17-27)23-30-35(18-10-15-25-11-6-4-7-12-25)39-29(32(38)36(28)30)22-26-13-8-5-9-14-26/h4,6-7,11-12,24,26-30H,5,8-10,13-23H2,1-3H3/t28-,29+,30?/m0/s1. The molecule has 7 heteroatoms. The van der Waals surface area contributed by atoms with E-state index in [1.807, 2.05) is 4.90 Å². The predicted molar refractivity (Wildman–Crippen MR) is 154 cm³/mol. The lowest BCUT2D eigenvalue weighted by atomic mass is 9.84. The number of rotatable bonds is 9. The minimum atomic E-state index is -0.474. The van der Waals surface area contributed by atoms with E-state index in [0.29, 0.717) is 24.8 Å². The van der Waals surface area contributed by atoms with Gasteiger partial charge in [-0.3, -0.25) is 14.4 Å². The van der Waals surface area contributed by atoms with E-state index in [-0.39, 0.29) is 24.0 Å². The second-order valence-corrected chi connectivity index (χ2v) is 13.0. The fraction of sp³-hybridized carbons (Fsp3) is 0.750. The van der Waals surface area contributed by atoms with Crippen LogP contribution >= 0.6 is 0 Å². The van der Waals surface area contributed by atoms with Gasteiger partial charge in [0.25, 0.3) is 5.91 Å². The van der Waals surface area contributed by atoms with Gasteiger partial charge in [-0.2, -0.15) is 5.06 Å². The fourth-order valence-corrected chi connectivity index (χ4v) is 7.30. The van der Waals surface area contributed by atoms with Crippen LogP contribution in [0.5, 0.6) is 0 Å². The number of hydrogen-bond donors (Lipinski definition) is 0. The van der Waals surface area contributed by atoms with Crippen LogP contribution in [-0.4, -0.2) is 89.2 Å². The number of carbonyl (C=O) groups excluding carboxylic acids is 2. The van der Waals surface area contributed by atoms with Crippen molar-refractivity contribution >= 4 is 11.8 Å². The lowest BCUT2D eigenvalue weighted by Crippen LogP contribution is -2.74. The topological polar surface area (TPSA) is 56.3 Å². The third-order valence-corrected chi connectivity index (χ3v) is 9.49. The number of carbonyl (C=O) groups is 2. The molecule has 0 aromatic heterocycles. The first-order chi connectivity index (χ1) is 18.9. The van der Waals surface area contributed by atoms with E-state index in [0.717, 1.165) is 51.7 Å². The third kappa shape index (κ3) is 6.86. The van der Waals surface area contributed by atoms with Gasteiger partial charge in [0.05, 0.1) is 6.54 Å². The Morgan fingerprint density at radius 2 is 1.67 bits per heavy atom. The summed E-state index contributed by atoms with van der Waals surface area (Å²) in [7, 11) is 2.16. The van der Waals surface area contributed by atoms with Gasteiger partial charge in [-0.25, -0.2) is 0 Å². The van der Waals surface area contributed by atoms with Crippen LogP contribution < -0.4 is 0 Å². The van der Waals surface area contributed by atoms with Crippen molar-refractivity contribution in [2.45, 2.75) is 109 Å². The van der Waals surface area contributed by atoms with Crippen molar-refractivity contribution in [3.05, 3.63) is 35.9 Å². The predicted octanol–water partition coefficient (Wildman–Crippen LogP) is 4.71. The summed E-state index contributed by atoms with van der Waals surface area (Å²) in [5, 5.41) is 2.11. The molecule has 0 spiro atoms. The highest BCUT2D eigenvalue weighted by atomic mass is 16.7. The smallest absolute Gasteiger partial charge is 0.255 e. The van der Waals surface area contributed by atoms with Crippen LogP contribution in [-0.2, 0) is 20.8 Å². The highest BCUT2D eigenvalue weighted by Crippen LogP contribution is 2.36. The number of nitrogens with zero attached hydrogens (tertiary/aromatic N) is 4. The maximum absolute atomic E-state index is 14.1. The molecule has 2 amide bonds. The summed E-state index contributed by atoms with van der Waals surface area (Å²) in [6.07, 6.45) is 10.9. The molecule has 3 aliphatic heterocycles. The summed E-state index contributed by atoms with van der Waals surface area (Å²) >= 11 is 0. The molecular formula is C32H50N4O3. The number of hydroxylamine groups is 2. The van der Waals surface area contributed by atoms with Crippen molar-refractivity contribution in [2.75, 3.05) is 33.2 Å². The van der Waals surface area contributed by atoms with Crippen LogP contribution in [0.4, 0.5) is 0 Å². The Hall–Kier alpha value is -1.96. The Morgan fingerprint density at radius 3 is 2.36 bits per heavy atom. The van der Waals surface area contributed by atoms with Crippen LogP contribution in [0, 0.1) is 11.8 Å². The third-order valence-electron chi connectivity index (χ3n) is 9.49. The zero-order chi connectivity index (χ0) is 27.4. The molecule has 4 aliphatic rings. The molecule has 5 rings (SSSR count). The largest absolute Gasteiger partial charge is 0.334 e. The first kappa shape index (κ1) is 28.6. The molecule has 3 saturated heterocycles. The van der Waals surface area contributed by atoms with E-state index in [9.17, 15) is 9.59 Å². The molecule has 0 N–H and O–H groups in total. The van der Waals surface area contributed by atoms with Crippen LogP contribution in [0.2, 0.25) is 0 Å². The Balaban J connectivity index is 1.39. The molecule has 0 bridgehead atoms. The summed E-state index contributed by atoms with van der Waals surface area (Å²) in [5.74, 6) is 1.07. The van der Waals surface area contributed by atoms with Crippen LogP contribution in [0.1, 0.15) is 83.6 Å². The van der Waals surface area contributed by atoms with Crippen molar-refractivity contribution in [1.82, 2.24) is 19.8 Å². The van der Waals surface area contributed by atoms with E-state index in [1.54, 1.807) is 0 Å². The van der Waals surface area contributed by atoms with Crippen LogP contribution in [0.15, 0.2) is 30.3 Å². The number of fused-ring (bicyclic) bond motifs is 1. The maximum Gasteiger partial charge on any atom is 0.255 e. The van der Waals surface area contributed by atoms with Gasteiger partial charge in [0, 0.05) is 12.6 Å². The van der Waals surface area contributed by atoms with Crippen molar-refractivity contribution in [1.29, 1.82) is 0 Å². The molecule has 1 saturated carbocycles. The lowest BCUT2D eigenvalue weighted by molar-refractivity contribution is -0.290. The average Bonchev–Trinajstić information content (AvgIpc) is 2.94. The first-order valence-electron chi connectivity index (χ1n) is 15.7. The summed E-state index contributed by atoms with van der Waals surface area (Å²) in [5.41, 5.74) is 1.32. The highest BCUT2D eigenvalue weighted by Gasteiger charge is 2.52. The molecule has 39 heavy (non-hydrogen) atoms. The molecule has 1 aliphatic carbocycles. The fourth-order valence-electron chi connectivity index (χ4n) is 7.30. The van der Waals surface area contributed by atoms with Gasteiger partial charge >= 0.3 is 0 Å². The number of piperidine rings is 1. The van der Waals surface area contributed by atoms with Crippen molar-refractivity contribution in [3.8, 4) is 0 Å². The number of benzene rings is 1. The van der Waals surface area contributed by atoms with Gasteiger partial charge in [-0.15, -0.1) is 0 Å². The van der Waals surface area contributed by atoms with E-state index in [2.05, 4.69) is 66.1 Å². The number of hydrogen-bond acceptors (Lipinski definition) is 5. The number of amides is 2. The SMILES string of the molecule is CC(C)C[C@H]1C(=O)N(C2CCN(C)CC2)CC2N(CCCc3ccccc3)O[C@H](CC3CCCCC3)C(=O)N21. The molecule has 7 nitrogen and oxygen atoms in total. The average molecular weight is 539 g/mol. The number of aryl methyl sites for hydroxylation is 1. The summed E-state index contributed by atoms with van der Waals surface area (Å²) < 4.78 is 0. The Bertz CT molecular complexity index is 942. The summed E-state index contributed by atoms with van der Waals surface area (Å²) in [6.45, 7) is 7.66. The van der Waals surface area contributed by atoms with Crippen molar-refractivity contribution in [2.24, 2.45) is 11.8 Å². The van der Waals surface area contributed by atoms with E-state index in [1.165, 1.54) is 37.7 Å². The molecular weight excluding hydrogens is 488 g/mol. The van der Waals surface area contributed by atoms with Crippen LogP contribution in [0.3, 0.4) is 0 Å². The molecule has 1 aromatic rings. The monoisotopic (exact) mass is 538 g/mol. The number of piperazine rings is 1. The normalized spacial score (nSPS) is 28.4. The Labute approximate surface area is 235 Å².